The summed E-state index contributed by atoms with van der Waals surface area (Å²) in [5, 5.41) is 6.72. The largest absolute Gasteiger partial charge is 0.496 e. The van der Waals surface area contributed by atoms with Crippen LogP contribution in [0.5, 0.6) is 17.2 Å². The van der Waals surface area contributed by atoms with Crippen LogP contribution < -0.4 is 24.8 Å². The molecule has 0 bridgehead atoms. The highest BCUT2D eigenvalue weighted by Crippen LogP contribution is 2.32. The third-order valence-corrected chi connectivity index (χ3v) is 4.68. The van der Waals surface area contributed by atoms with Crippen LogP contribution >= 0.6 is 0 Å². The van der Waals surface area contributed by atoms with Gasteiger partial charge in [0.2, 0.25) is 6.79 Å². The van der Waals surface area contributed by atoms with Crippen LogP contribution in [-0.2, 0) is 6.42 Å². The van der Waals surface area contributed by atoms with Crippen molar-refractivity contribution in [3.05, 3.63) is 53.6 Å². The fourth-order valence-electron chi connectivity index (χ4n) is 3.16. The molecule has 1 atom stereocenters. The van der Waals surface area contributed by atoms with Crippen molar-refractivity contribution in [2.24, 2.45) is 4.99 Å². The third-order valence-electron chi connectivity index (χ3n) is 4.68. The summed E-state index contributed by atoms with van der Waals surface area (Å²) in [6, 6.07) is 14.2. The molecule has 0 fully saturated rings. The van der Waals surface area contributed by atoms with Gasteiger partial charge in [0.1, 0.15) is 5.75 Å². The van der Waals surface area contributed by atoms with Gasteiger partial charge in [-0.3, -0.25) is 4.99 Å². The van der Waals surface area contributed by atoms with Gasteiger partial charge in [0.05, 0.1) is 7.11 Å². The van der Waals surface area contributed by atoms with Gasteiger partial charge >= 0.3 is 0 Å². The van der Waals surface area contributed by atoms with E-state index in [-0.39, 0.29) is 5.92 Å². The van der Waals surface area contributed by atoms with E-state index in [4.69, 9.17) is 19.2 Å². The van der Waals surface area contributed by atoms with Crippen LogP contribution in [0.2, 0.25) is 0 Å². The molecule has 28 heavy (non-hydrogen) atoms. The van der Waals surface area contributed by atoms with Gasteiger partial charge in [0.15, 0.2) is 17.5 Å². The molecule has 0 spiro atoms. The first kappa shape index (κ1) is 19.9. The quantitative estimate of drug-likeness (QED) is 0.541. The predicted octanol–water partition coefficient (Wildman–Crippen LogP) is 3.33. The van der Waals surface area contributed by atoms with Crippen LogP contribution in [0.25, 0.3) is 0 Å². The highest BCUT2D eigenvalue weighted by atomic mass is 16.7. The second-order valence-corrected chi connectivity index (χ2v) is 6.73. The summed E-state index contributed by atoms with van der Waals surface area (Å²) in [5.74, 6) is 3.64. The second-order valence-electron chi connectivity index (χ2n) is 6.73. The van der Waals surface area contributed by atoms with Crippen molar-refractivity contribution in [2.45, 2.75) is 26.2 Å². The molecule has 0 saturated heterocycles. The fraction of sp³-hybridized carbons (Fsp3) is 0.409. The van der Waals surface area contributed by atoms with Crippen molar-refractivity contribution in [3.8, 4) is 17.2 Å². The summed E-state index contributed by atoms with van der Waals surface area (Å²) in [4.78, 5) is 4.75. The minimum atomic E-state index is 0.264. The molecule has 2 aromatic rings. The van der Waals surface area contributed by atoms with Gasteiger partial charge in [0.25, 0.3) is 0 Å². The fourth-order valence-corrected chi connectivity index (χ4v) is 3.16. The molecule has 1 aliphatic rings. The smallest absolute Gasteiger partial charge is 0.231 e. The molecule has 2 aromatic carbocycles. The van der Waals surface area contributed by atoms with Crippen LogP contribution in [0.15, 0.2) is 47.5 Å². The maximum absolute atomic E-state index is 5.47. The zero-order valence-electron chi connectivity index (χ0n) is 16.8. The number of hydrogen-bond acceptors (Lipinski definition) is 4. The Labute approximate surface area is 166 Å². The van der Waals surface area contributed by atoms with Crippen molar-refractivity contribution in [1.82, 2.24) is 10.6 Å². The number of nitrogens with zero attached hydrogens (tertiary/aromatic N) is 1. The van der Waals surface area contributed by atoms with E-state index >= 15 is 0 Å². The first-order valence-corrected chi connectivity index (χ1v) is 9.75. The highest BCUT2D eigenvalue weighted by Gasteiger charge is 2.13. The minimum absolute atomic E-state index is 0.264. The first-order chi connectivity index (χ1) is 13.7. The Morgan fingerprint density at radius 1 is 1.14 bits per heavy atom. The van der Waals surface area contributed by atoms with Crippen molar-refractivity contribution < 1.29 is 14.2 Å². The number of ether oxygens (including phenoxy) is 3. The predicted molar refractivity (Wildman–Crippen MR) is 112 cm³/mol. The van der Waals surface area contributed by atoms with Crippen molar-refractivity contribution in [3.63, 3.8) is 0 Å². The zero-order chi connectivity index (χ0) is 19.8. The zero-order valence-corrected chi connectivity index (χ0v) is 16.8. The molecular formula is C22H29N3O3. The standard InChI is InChI=1S/C22H29N3O3/c1-4-23-22(25-14-16(2)18-7-5-6-8-19(18)26-3)24-12-11-17-9-10-20-21(13-17)28-15-27-20/h5-10,13,16H,4,11-12,14-15H2,1-3H3,(H2,23,24,25). The molecule has 1 heterocycles. The van der Waals surface area contributed by atoms with Crippen molar-refractivity contribution in [1.29, 1.82) is 0 Å². The molecule has 2 N–H and O–H groups in total. The summed E-state index contributed by atoms with van der Waals surface area (Å²) in [6.45, 7) is 6.82. The monoisotopic (exact) mass is 383 g/mol. The molecule has 1 unspecified atom stereocenters. The Kier molecular flexibility index (Phi) is 7.00. The minimum Gasteiger partial charge on any atom is -0.496 e. The van der Waals surface area contributed by atoms with Gasteiger partial charge in [-0.05, 0) is 42.7 Å². The van der Waals surface area contributed by atoms with E-state index in [1.54, 1.807) is 7.11 Å². The van der Waals surface area contributed by atoms with E-state index in [2.05, 4.69) is 36.6 Å². The van der Waals surface area contributed by atoms with Gasteiger partial charge in [-0.15, -0.1) is 0 Å². The molecule has 0 amide bonds. The SMILES string of the molecule is CCNC(=NCC(C)c1ccccc1OC)NCCc1ccc2c(c1)OCO2. The second kappa shape index (κ2) is 9.88. The molecule has 6 heteroatoms. The molecule has 3 rings (SSSR count). The Balaban J connectivity index is 1.55. The summed E-state index contributed by atoms with van der Waals surface area (Å²) >= 11 is 0. The van der Waals surface area contributed by atoms with Gasteiger partial charge < -0.3 is 24.8 Å². The van der Waals surface area contributed by atoms with E-state index in [1.165, 1.54) is 11.1 Å². The van der Waals surface area contributed by atoms with E-state index in [9.17, 15) is 0 Å². The number of fused-ring (bicyclic) bond motifs is 1. The Hall–Kier alpha value is -2.89. The van der Waals surface area contributed by atoms with Crippen molar-refractivity contribution in [2.75, 3.05) is 33.5 Å². The van der Waals surface area contributed by atoms with E-state index < -0.39 is 0 Å². The molecular weight excluding hydrogens is 354 g/mol. The van der Waals surface area contributed by atoms with Crippen LogP contribution in [0.4, 0.5) is 0 Å². The molecule has 0 saturated carbocycles. The van der Waals surface area contributed by atoms with Gasteiger partial charge in [-0.25, -0.2) is 0 Å². The Morgan fingerprint density at radius 2 is 1.96 bits per heavy atom. The number of guanidine groups is 1. The number of para-hydroxylation sites is 1. The van der Waals surface area contributed by atoms with E-state index in [1.807, 2.05) is 30.3 Å². The number of benzene rings is 2. The number of methoxy groups -OCH3 is 1. The lowest BCUT2D eigenvalue weighted by Gasteiger charge is -2.16. The van der Waals surface area contributed by atoms with Gasteiger partial charge in [-0.1, -0.05) is 31.2 Å². The lowest BCUT2D eigenvalue weighted by atomic mass is 10.0. The van der Waals surface area contributed by atoms with Gasteiger partial charge in [-0.2, -0.15) is 0 Å². The summed E-state index contributed by atoms with van der Waals surface area (Å²) in [6.07, 6.45) is 0.878. The summed E-state index contributed by atoms with van der Waals surface area (Å²) in [7, 11) is 1.70. The van der Waals surface area contributed by atoms with Crippen LogP contribution in [0.1, 0.15) is 30.9 Å². The summed E-state index contributed by atoms with van der Waals surface area (Å²) < 4.78 is 16.3. The Morgan fingerprint density at radius 3 is 2.79 bits per heavy atom. The number of rotatable bonds is 8. The maximum Gasteiger partial charge on any atom is 0.231 e. The topological polar surface area (TPSA) is 64.1 Å². The number of nitrogens with one attached hydrogen (secondary N) is 2. The molecule has 0 aliphatic carbocycles. The Bertz CT molecular complexity index is 807. The highest BCUT2D eigenvalue weighted by molar-refractivity contribution is 5.79. The number of aliphatic imine (C=N–C) groups is 1. The number of hydrogen-bond donors (Lipinski definition) is 2. The summed E-state index contributed by atoms with van der Waals surface area (Å²) in [5.41, 5.74) is 2.37. The molecule has 6 nitrogen and oxygen atoms in total. The van der Waals surface area contributed by atoms with Gasteiger partial charge in [0, 0.05) is 25.6 Å². The van der Waals surface area contributed by atoms with Crippen LogP contribution in [0.3, 0.4) is 0 Å². The lowest BCUT2D eigenvalue weighted by molar-refractivity contribution is 0.174. The molecule has 0 radical (unpaired) electrons. The van der Waals surface area contributed by atoms with E-state index in [0.717, 1.165) is 42.7 Å². The average molecular weight is 383 g/mol. The van der Waals surface area contributed by atoms with Crippen LogP contribution in [-0.4, -0.2) is 39.5 Å². The first-order valence-electron chi connectivity index (χ1n) is 9.75. The van der Waals surface area contributed by atoms with Crippen molar-refractivity contribution >= 4 is 5.96 Å². The molecule has 150 valence electrons. The van der Waals surface area contributed by atoms with Crippen LogP contribution in [0, 0.1) is 0 Å². The van der Waals surface area contributed by atoms with E-state index in [0.29, 0.717) is 13.3 Å². The molecule has 0 aromatic heterocycles. The third kappa shape index (κ3) is 5.09. The lowest BCUT2D eigenvalue weighted by Crippen LogP contribution is -2.38. The molecule has 1 aliphatic heterocycles. The maximum atomic E-state index is 5.47. The average Bonchev–Trinajstić information content (AvgIpc) is 3.19. The normalized spacial score (nSPS) is 13.9.